The molecule has 0 fully saturated rings. The van der Waals surface area contributed by atoms with Crippen molar-refractivity contribution < 1.29 is 9.90 Å². The van der Waals surface area contributed by atoms with Crippen molar-refractivity contribution >= 4 is 16.9 Å². The van der Waals surface area contributed by atoms with E-state index < -0.39 is 5.97 Å². The van der Waals surface area contributed by atoms with Gasteiger partial charge in [-0.25, -0.2) is 9.78 Å². The minimum atomic E-state index is -0.986. The molecule has 0 spiro atoms. The lowest BCUT2D eigenvalue weighted by Gasteiger charge is -2.02. The summed E-state index contributed by atoms with van der Waals surface area (Å²) in [6, 6.07) is 1.65. The molecular weight excluding hydrogens is 204 g/mol. The molecule has 0 aliphatic carbocycles. The van der Waals surface area contributed by atoms with E-state index in [9.17, 15) is 4.79 Å². The van der Waals surface area contributed by atoms with Gasteiger partial charge in [0.1, 0.15) is 5.69 Å². The molecule has 2 rings (SSSR count). The molecule has 84 valence electrons. The number of nitrogens with zero attached hydrogens (tertiary/aromatic N) is 2. The molecule has 0 amide bonds. The van der Waals surface area contributed by atoms with E-state index in [0.29, 0.717) is 5.92 Å². The molecule has 0 aromatic carbocycles. The Morgan fingerprint density at radius 2 is 2.19 bits per heavy atom. The number of aryl methyl sites for hydroxylation is 1. The van der Waals surface area contributed by atoms with Crippen molar-refractivity contribution in [3.05, 3.63) is 29.7 Å². The first-order chi connectivity index (χ1) is 7.50. The van der Waals surface area contributed by atoms with Gasteiger partial charge in [-0.3, -0.25) is 0 Å². The standard InChI is InChI=1S/C12H14N2O2/c1-7(2)9-6-14(3)11-5-13-10(12(15)16)4-8(9)11/h4-7H,1-3H3,(H,15,16). The van der Waals surface area contributed by atoms with E-state index in [4.69, 9.17) is 5.11 Å². The summed E-state index contributed by atoms with van der Waals surface area (Å²) in [4.78, 5) is 14.8. The highest BCUT2D eigenvalue weighted by Gasteiger charge is 2.13. The fraction of sp³-hybridized carbons (Fsp3) is 0.333. The lowest BCUT2D eigenvalue weighted by Crippen LogP contribution is -1.99. The maximum Gasteiger partial charge on any atom is 0.354 e. The number of aromatic nitrogens is 2. The summed E-state index contributed by atoms with van der Waals surface area (Å²) in [6.45, 7) is 4.19. The number of rotatable bonds is 2. The predicted octanol–water partition coefficient (Wildman–Crippen LogP) is 2.39. The third kappa shape index (κ3) is 1.56. The summed E-state index contributed by atoms with van der Waals surface area (Å²) < 4.78 is 1.98. The van der Waals surface area contributed by atoms with Crippen LogP contribution in [-0.4, -0.2) is 20.6 Å². The maximum atomic E-state index is 10.9. The summed E-state index contributed by atoms with van der Waals surface area (Å²) in [5.74, 6) is -0.617. The molecule has 0 saturated carbocycles. The molecule has 0 atom stereocenters. The Morgan fingerprint density at radius 1 is 1.50 bits per heavy atom. The average molecular weight is 218 g/mol. The zero-order valence-corrected chi connectivity index (χ0v) is 9.56. The number of carboxylic acid groups (broad SMARTS) is 1. The monoisotopic (exact) mass is 218 g/mol. The lowest BCUT2D eigenvalue weighted by atomic mass is 10.0. The number of aromatic carboxylic acids is 1. The molecule has 2 aromatic heterocycles. The van der Waals surface area contributed by atoms with Crippen LogP contribution in [0.5, 0.6) is 0 Å². The zero-order chi connectivity index (χ0) is 11.9. The lowest BCUT2D eigenvalue weighted by molar-refractivity contribution is 0.0690. The van der Waals surface area contributed by atoms with E-state index in [0.717, 1.165) is 16.5 Å². The smallest absolute Gasteiger partial charge is 0.354 e. The van der Waals surface area contributed by atoms with Crippen molar-refractivity contribution in [1.29, 1.82) is 0 Å². The van der Waals surface area contributed by atoms with E-state index in [1.54, 1.807) is 12.3 Å². The number of fused-ring (bicyclic) bond motifs is 1. The molecule has 2 aromatic rings. The SMILES string of the molecule is CC(C)c1cn(C)c2cnc(C(=O)O)cc12. The average Bonchev–Trinajstić information content (AvgIpc) is 2.56. The summed E-state index contributed by atoms with van der Waals surface area (Å²) >= 11 is 0. The van der Waals surface area contributed by atoms with Crippen LogP contribution in [0.25, 0.3) is 10.9 Å². The molecule has 16 heavy (non-hydrogen) atoms. The Kier molecular flexibility index (Phi) is 2.42. The van der Waals surface area contributed by atoms with Crippen LogP contribution in [-0.2, 0) is 7.05 Å². The third-order valence-electron chi connectivity index (χ3n) is 2.75. The molecule has 0 saturated heterocycles. The molecule has 4 heteroatoms. The van der Waals surface area contributed by atoms with Crippen LogP contribution in [0.15, 0.2) is 18.5 Å². The normalized spacial score (nSPS) is 11.2. The van der Waals surface area contributed by atoms with Crippen LogP contribution >= 0.6 is 0 Å². The number of hydrogen-bond donors (Lipinski definition) is 1. The Balaban J connectivity index is 2.74. The number of carbonyl (C=O) groups is 1. The van der Waals surface area contributed by atoms with Crippen molar-refractivity contribution in [2.24, 2.45) is 7.05 Å². The zero-order valence-electron chi connectivity index (χ0n) is 9.56. The van der Waals surface area contributed by atoms with Gasteiger partial charge in [-0.1, -0.05) is 13.8 Å². The first-order valence-corrected chi connectivity index (χ1v) is 5.19. The van der Waals surface area contributed by atoms with E-state index in [1.165, 1.54) is 0 Å². The maximum absolute atomic E-state index is 10.9. The Bertz CT molecular complexity index is 555. The van der Waals surface area contributed by atoms with Gasteiger partial charge >= 0.3 is 5.97 Å². The van der Waals surface area contributed by atoms with Gasteiger partial charge in [0.15, 0.2) is 0 Å². The summed E-state index contributed by atoms with van der Waals surface area (Å²) in [5.41, 5.74) is 2.22. The highest BCUT2D eigenvalue weighted by atomic mass is 16.4. The number of pyridine rings is 1. The fourth-order valence-electron chi connectivity index (χ4n) is 1.89. The van der Waals surface area contributed by atoms with Gasteiger partial charge < -0.3 is 9.67 Å². The van der Waals surface area contributed by atoms with Gasteiger partial charge in [-0.2, -0.15) is 0 Å². The molecule has 0 unspecified atom stereocenters. The molecule has 0 radical (unpaired) electrons. The topological polar surface area (TPSA) is 55.1 Å². The van der Waals surface area contributed by atoms with Crippen LogP contribution in [0.1, 0.15) is 35.8 Å². The second-order valence-electron chi connectivity index (χ2n) is 4.24. The van der Waals surface area contributed by atoms with E-state index >= 15 is 0 Å². The summed E-state index contributed by atoms with van der Waals surface area (Å²) in [7, 11) is 1.94. The molecular formula is C12H14N2O2. The number of carboxylic acids is 1. The molecule has 0 aliphatic rings. The minimum absolute atomic E-state index is 0.0978. The first kappa shape index (κ1) is 10.7. The largest absolute Gasteiger partial charge is 0.477 e. The summed E-state index contributed by atoms with van der Waals surface area (Å²) in [6.07, 6.45) is 3.65. The second kappa shape index (κ2) is 3.63. The Morgan fingerprint density at radius 3 is 2.75 bits per heavy atom. The molecule has 2 heterocycles. The van der Waals surface area contributed by atoms with Crippen LogP contribution in [0.4, 0.5) is 0 Å². The predicted molar refractivity (Wildman–Crippen MR) is 61.8 cm³/mol. The van der Waals surface area contributed by atoms with E-state index in [-0.39, 0.29) is 5.69 Å². The van der Waals surface area contributed by atoms with Crippen LogP contribution in [0.3, 0.4) is 0 Å². The van der Waals surface area contributed by atoms with Crippen molar-refractivity contribution in [2.75, 3.05) is 0 Å². The van der Waals surface area contributed by atoms with Crippen molar-refractivity contribution in [3.8, 4) is 0 Å². The van der Waals surface area contributed by atoms with Crippen molar-refractivity contribution in [1.82, 2.24) is 9.55 Å². The molecule has 1 N–H and O–H groups in total. The van der Waals surface area contributed by atoms with Gasteiger partial charge in [-0.05, 0) is 17.5 Å². The van der Waals surface area contributed by atoms with Gasteiger partial charge in [0.25, 0.3) is 0 Å². The van der Waals surface area contributed by atoms with Crippen molar-refractivity contribution in [2.45, 2.75) is 19.8 Å². The van der Waals surface area contributed by atoms with Gasteiger partial charge in [0, 0.05) is 18.6 Å². The van der Waals surface area contributed by atoms with E-state index in [1.807, 2.05) is 17.8 Å². The van der Waals surface area contributed by atoms with Crippen LogP contribution < -0.4 is 0 Å². The highest BCUT2D eigenvalue weighted by molar-refractivity contribution is 5.92. The van der Waals surface area contributed by atoms with Gasteiger partial charge in [0.05, 0.1) is 11.7 Å². The minimum Gasteiger partial charge on any atom is -0.477 e. The van der Waals surface area contributed by atoms with Crippen molar-refractivity contribution in [3.63, 3.8) is 0 Å². The fourth-order valence-corrected chi connectivity index (χ4v) is 1.89. The van der Waals surface area contributed by atoms with Crippen LogP contribution in [0, 0.1) is 0 Å². The summed E-state index contributed by atoms with van der Waals surface area (Å²) in [5, 5.41) is 9.89. The van der Waals surface area contributed by atoms with Gasteiger partial charge in [-0.15, -0.1) is 0 Å². The van der Waals surface area contributed by atoms with Crippen LogP contribution in [0.2, 0.25) is 0 Å². The quantitative estimate of drug-likeness (QED) is 0.842. The molecule has 0 bridgehead atoms. The van der Waals surface area contributed by atoms with Gasteiger partial charge in [0.2, 0.25) is 0 Å². The Hall–Kier alpha value is -1.84. The second-order valence-corrected chi connectivity index (χ2v) is 4.24. The third-order valence-corrected chi connectivity index (χ3v) is 2.75. The molecule has 4 nitrogen and oxygen atoms in total. The Labute approximate surface area is 93.5 Å². The molecule has 0 aliphatic heterocycles. The highest BCUT2D eigenvalue weighted by Crippen LogP contribution is 2.26. The first-order valence-electron chi connectivity index (χ1n) is 5.19. The van der Waals surface area contributed by atoms with E-state index in [2.05, 4.69) is 18.8 Å². The number of hydrogen-bond acceptors (Lipinski definition) is 2.